The van der Waals surface area contributed by atoms with Crippen LogP contribution in [0.15, 0.2) is 30.3 Å². The molecule has 2 rings (SSSR count). The van der Waals surface area contributed by atoms with Gasteiger partial charge in [-0.25, -0.2) is 0 Å². The fourth-order valence-corrected chi connectivity index (χ4v) is 3.42. The molecule has 0 spiro atoms. The Morgan fingerprint density at radius 3 is 2.23 bits per heavy atom. The maximum absolute atomic E-state index is 13.3. The van der Waals surface area contributed by atoms with E-state index in [2.05, 4.69) is 10.6 Å². The predicted octanol–water partition coefficient (Wildman–Crippen LogP) is 0.564. The molecule has 1 fully saturated rings. The lowest BCUT2D eigenvalue weighted by molar-refractivity contribution is -0.145. The van der Waals surface area contributed by atoms with Crippen LogP contribution in [0.3, 0.4) is 0 Å². The highest BCUT2D eigenvalue weighted by Crippen LogP contribution is 2.14. The SMILES string of the molecule is CC(C)C[C@H]1NC(=O)[C@H](C)N(C)C(=O)CNC(=O)[C@@H](Cc2ccccc2)N(C)C1=O. The summed E-state index contributed by atoms with van der Waals surface area (Å²) >= 11 is 0. The van der Waals surface area contributed by atoms with Crippen LogP contribution in [0, 0.1) is 5.92 Å². The van der Waals surface area contributed by atoms with E-state index in [1.807, 2.05) is 44.2 Å². The van der Waals surface area contributed by atoms with Crippen molar-refractivity contribution in [1.82, 2.24) is 20.4 Å². The van der Waals surface area contributed by atoms with Crippen molar-refractivity contribution in [3.05, 3.63) is 35.9 Å². The van der Waals surface area contributed by atoms with Gasteiger partial charge in [0.05, 0.1) is 6.54 Å². The lowest BCUT2D eigenvalue weighted by Crippen LogP contribution is -2.59. The van der Waals surface area contributed by atoms with Gasteiger partial charge in [-0.05, 0) is 24.8 Å². The number of carbonyl (C=O) groups excluding carboxylic acids is 4. The molecule has 0 bridgehead atoms. The van der Waals surface area contributed by atoms with Crippen molar-refractivity contribution in [1.29, 1.82) is 0 Å². The van der Waals surface area contributed by atoms with E-state index in [1.165, 1.54) is 16.8 Å². The average molecular weight is 417 g/mol. The summed E-state index contributed by atoms with van der Waals surface area (Å²) in [6.07, 6.45) is 0.733. The molecule has 2 N–H and O–H groups in total. The molecule has 3 atom stereocenters. The molecule has 164 valence electrons. The molecule has 0 aliphatic carbocycles. The summed E-state index contributed by atoms with van der Waals surface area (Å²) in [5.41, 5.74) is 0.894. The molecule has 1 aliphatic rings. The van der Waals surface area contributed by atoms with E-state index < -0.39 is 29.9 Å². The number of rotatable bonds is 4. The van der Waals surface area contributed by atoms with E-state index in [1.54, 1.807) is 14.0 Å². The summed E-state index contributed by atoms with van der Waals surface area (Å²) in [6.45, 7) is 5.28. The van der Waals surface area contributed by atoms with Crippen LogP contribution in [0.1, 0.15) is 32.8 Å². The van der Waals surface area contributed by atoms with E-state index in [4.69, 9.17) is 0 Å². The van der Waals surface area contributed by atoms with Crippen LogP contribution in [0.4, 0.5) is 0 Å². The van der Waals surface area contributed by atoms with Crippen molar-refractivity contribution in [3.8, 4) is 0 Å². The normalized spacial score (nSPS) is 24.3. The summed E-state index contributed by atoms with van der Waals surface area (Å²) in [6, 6.07) is 7.04. The highest BCUT2D eigenvalue weighted by Gasteiger charge is 2.35. The Balaban J connectivity index is 2.39. The molecule has 1 aromatic carbocycles. The summed E-state index contributed by atoms with van der Waals surface area (Å²) in [5.74, 6) is -1.35. The van der Waals surface area contributed by atoms with Crippen molar-refractivity contribution < 1.29 is 19.2 Å². The van der Waals surface area contributed by atoms with Crippen LogP contribution in [0.25, 0.3) is 0 Å². The van der Waals surface area contributed by atoms with Gasteiger partial charge < -0.3 is 20.4 Å². The largest absolute Gasteiger partial charge is 0.345 e. The van der Waals surface area contributed by atoms with Gasteiger partial charge in [0.15, 0.2) is 0 Å². The summed E-state index contributed by atoms with van der Waals surface area (Å²) in [5, 5.41) is 5.43. The molecule has 8 nitrogen and oxygen atoms in total. The van der Waals surface area contributed by atoms with Gasteiger partial charge in [-0.2, -0.15) is 0 Å². The van der Waals surface area contributed by atoms with Crippen LogP contribution < -0.4 is 10.6 Å². The Hall–Kier alpha value is -2.90. The third-order valence-electron chi connectivity index (χ3n) is 5.48. The Labute approximate surface area is 178 Å². The topological polar surface area (TPSA) is 98.8 Å². The fraction of sp³-hybridized carbons (Fsp3) is 0.545. The Bertz CT molecular complexity index is 781. The highest BCUT2D eigenvalue weighted by atomic mass is 16.2. The second-order valence-corrected chi connectivity index (χ2v) is 8.24. The third kappa shape index (κ3) is 5.81. The molecular weight excluding hydrogens is 384 g/mol. The minimum Gasteiger partial charge on any atom is -0.345 e. The first kappa shape index (κ1) is 23.4. The predicted molar refractivity (Wildman–Crippen MR) is 113 cm³/mol. The summed E-state index contributed by atoms with van der Waals surface area (Å²) in [7, 11) is 3.08. The average Bonchev–Trinajstić information content (AvgIpc) is 2.72. The maximum atomic E-state index is 13.3. The second-order valence-electron chi connectivity index (χ2n) is 8.24. The quantitative estimate of drug-likeness (QED) is 0.749. The number of nitrogens with one attached hydrogen (secondary N) is 2. The maximum Gasteiger partial charge on any atom is 0.245 e. The van der Waals surface area contributed by atoms with Crippen LogP contribution in [-0.2, 0) is 25.6 Å². The van der Waals surface area contributed by atoms with Crippen LogP contribution in [0.2, 0.25) is 0 Å². The molecule has 0 unspecified atom stereocenters. The van der Waals surface area contributed by atoms with Gasteiger partial charge in [0, 0.05) is 20.5 Å². The zero-order valence-electron chi connectivity index (χ0n) is 18.3. The Morgan fingerprint density at radius 1 is 1.00 bits per heavy atom. The molecular formula is C22H32N4O4. The first-order chi connectivity index (χ1) is 14.1. The Morgan fingerprint density at radius 2 is 1.63 bits per heavy atom. The number of carbonyl (C=O) groups is 4. The summed E-state index contributed by atoms with van der Waals surface area (Å²) in [4.78, 5) is 54.1. The second kappa shape index (κ2) is 10.2. The van der Waals surface area contributed by atoms with Crippen molar-refractivity contribution in [2.75, 3.05) is 20.6 Å². The number of amides is 4. The molecule has 1 saturated heterocycles. The first-order valence-corrected chi connectivity index (χ1v) is 10.3. The summed E-state index contributed by atoms with van der Waals surface area (Å²) < 4.78 is 0. The van der Waals surface area contributed by atoms with Gasteiger partial charge in [-0.1, -0.05) is 44.2 Å². The van der Waals surface area contributed by atoms with E-state index in [0.717, 1.165) is 5.56 Å². The standard InChI is InChI=1S/C22H32N4O4/c1-14(2)11-17-22(30)26(5)18(12-16-9-7-6-8-10-16)21(29)23-13-19(27)25(4)15(3)20(28)24-17/h6-10,14-15,17-18H,11-13H2,1-5H3,(H,23,29)(H,24,28)/t15-,17+,18+/m0/s1. The molecule has 0 aromatic heterocycles. The minimum atomic E-state index is -0.804. The van der Waals surface area contributed by atoms with E-state index in [-0.39, 0.29) is 24.3 Å². The zero-order valence-corrected chi connectivity index (χ0v) is 18.3. The van der Waals surface area contributed by atoms with E-state index in [0.29, 0.717) is 12.8 Å². The molecule has 8 heteroatoms. The van der Waals surface area contributed by atoms with Gasteiger partial charge in [0.25, 0.3) is 0 Å². The molecule has 1 aliphatic heterocycles. The highest BCUT2D eigenvalue weighted by molar-refractivity contribution is 5.96. The van der Waals surface area contributed by atoms with E-state index >= 15 is 0 Å². The van der Waals surface area contributed by atoms with Crippen molar-refractivity contribution in [3.63, 3.8) is 0 Å². The lowest BCUT2D eigenvalue weighted by atomic mass is 9.99. The Kier molecular flexibility index (Phi) is 7.97. The van der Waals surface area contributed by atoms with Crippen molar-refractivity contribution >= 4 is 23.6 Å². The van der Waals surface area contributed by atoms with Crippen molar-refractivity contribution in [2.45, 2.75) is 51.7 Å². The lowest BCUT2D eigenvalue weighted by Gasteiger charge is -2.34. The van der Waals surface area contributed by atoms with Gasteiger partial charge in [-0.15, -0.1) is 0 Å². The van der Waals surface area contributed by atoms with Crippen LogP contribution >= 0.6 is 0 Å². The van der Waals surface area contributed by atoms with Crippen LogP contribution in [-0.4, -0.2) is 72.2 Å². The molecule has 1 aromatic rings. The number of likely N-dealkylation sites (N-methyl/N-ethyl adjacent to an activating group) is 2. The minimum absolute atomic E-state index is 0.150. The fourth-order valence-electron chi connectivity index (χ4n) is 3.42. The molecule has 1 heterocycles. The number of benzene rings is 1. The molecule has 0 radical (unpaired) electrons. The number of hydrogen-bond acceptors (Lipinski definition) is 4. The van der Waals surface area contributed by atoms with Crippen molar-refractivity contribution in [2.24, 2.45) is 5.92 Å². The zero-order chi connectivity index (χ0) is 22.4. The van der Waals surface area contributed by atoms with Gasteiger partial charge >= 0.3 is 0 Å². The van der Waals surface area contributed by atoms with Gasteiger partial charge in [0.1, 0.15) is 18.1 Å². The van der Waals surface area contributed by atoms with Crippen LogP contribution in [0.5, 0.6) is 0 Å². The molecule has 30 heavy (non-hydrogen) atoms. The smallest absolute Gasteiger partial charge is 0.245 e. The third-order valence-corrected chi connectivity index (χ3v) is 5.48. The van der Waals surface area contributed by atoms with Gasteiger partial charge in [-0.3, -0.25) is 19.2 Å². The number of hydrogen-bond donors (Lipinski definition) is 2. The van der Waals surface area contributed by atoms with E-state index in [9.17, 15) is 19.2 Å². The molecule has 4 amide bonds. The first-order valence-electron chi connectivity index (χ1n) is 10.3. The number of nitrogens with zero attached hydrogens (tertiary/aromatic N) is 2. The van der Waals surface area contributed by atoms with Gasteiger partial charge in [0.2, 0.25) is 23.6 Å². The monoisotopic (exact) mass is 416 g/mol. The molecule has 0 saturated carbocycles.